The number of hydrogen-bond donors (Lipinski definition) is 1. The molecule has 1 unspecified atom stereocenters. The highest BCUT2D eigenvalue weighted by atomic mass is 16.3. The van der Waals surface area contributed by atoms with E-state index in [1.165, 1.54) is 0 Å². The maximum absolute atomic E-state index is 11.8. The van der Waals surface area contributed by atoms with Crippen LogP contribution in [0, 0.1) is 25.2 Å². The van der Waals surface area contributed by atoms with Crippen molar-refractivity contribution in [2.45, 2.75) is 13.3 Å². The third-order valence-corrected chi connectivity index (χ3v) is 2.84. The molecule has 1 heterocycles. The van der Waals surface area contributed by atoms with Crippen LogP contribution in [0.1, 0.15) is 12.0 Å². The zero-order valence-electron chi connectivity index (χ0n) is 9.10. The Balaban J connectivity index is 2.35. The number of phenolic OH excluding ortho intramolecular Hbond substituents is 1. The second-order valence-electron chi connectivity index (χ2n) is 4.04. The first kappa shape index (κ1) is 10.6. The Hall–Kier alpha value is -1.95. The van der Waals surface area contributed by atoms with E-state index in [-0.39, 0.29) is 17.6 Å². The van der Waals surface area contributed by atoms with E-state index in [0.717, 1.165) is 11.3 Å². The zero-order valence-corrected chi connectivity index (χ0v) is 9.10. The van der Waals surface area contributed by atoms with E-state index in [1.54, 1.807) is 23.1 Å². The van der Waals surface area contributed by atoms with Gasteiger partial charge in [-0.1, -0.05) is 6.07 Å². The van der Waals surface area contributed by atoms with Gasteiger partial charge in [-0.25, -0.2) is 0 Å². The Bertz CT molecular complexity index is 473. The molecule has 1 aromatic rings. The van der Waals surface area contributed by atoms with E-state index >= 15 is 0 Å². The van der Waals surface area contributed by atoms with Gasteiger partial charge in [0.1, 0.15) is 5.75 Å². The van der Waals surface area contributed by atoms with Crippen LogP contribution in [0.25, 0.3) is 0 Å². The first-order valence-corrected chi connectivity index (χ1v) is 5.18. The summed E-state index contributed by atoms with van der Waals surface area (Å²) in [6, 6.07) is 5.01. The van der Waals surface area contributed by atoms with Crippen LogP contribution in [-0.4, -0.2) is 17.6 Å². The van der Waals surface area contributed by atoms with Gasteiger partial charge in [0.25, 0.3) is 0 Å². The number of carbonyl (C=O) groups excluding carboxylic acids is 1. The van der Waals surface area contributed by atoms with Crippen LogP contribution in [0.5, 0.6) is 5.75 Å². The van der Waals surface area contributed by atoms with Gasteiger partial charge in [-0.15, -0.1) is 12.3 Å². The lowest BCUT2D eigenvalue weighted by atomic mass is 10.1. The standard InChI is InChI=1S/C13H13NO2/c1-3-10-6-13(16)14(8-10)12-7-11(15)5-4-9(12)2/h1,4-5,7,10,15H,6,8H2,2H3. The molecule has 0 spiro atoms. The van der Waals surface area contributed by atoms with Gasteiger partial charge in [0.15, 0.2) is 0 Å². The average molecular weight is 215 g/mol. The van der Waals surface area contributed by atoms with E-state index in [2.05, 4.69) is 5.92 Å². The summed E-state index contributed by atoms with van der Waals surface area (Å²) in [6.45, 7) is 2.45. The quantitative estimate of drug-likeness (QED) is 0.724. The van der Waals surface area contributed by atoms with Crippen LogP contribution in [-0.2, 0) is 4.79 Å². The minimum atomic E-state index is -0.0192. The molecule has 2 rings (SSSR count). The number of nitrogens with zero attached hydrogens (tertiary/aromatic N) is 1. The van der Waals surface area contributed by atoms with Crippen molar-refractivity contribution >= 4 is 11.6 Å². The number of phenols is 1. The number of anilines is 1. The maximum atomic E-state index is 11.8. The van der Waals surface area contributed by atoms with Gasteiger partial charge in [-0.05, 0) is 18.6 Å². The van der Waals surface area contributed by atoms with Crippen molar-refractivity contribution in [1.82, 2.24) is 0 Å². The molecule has 3 heteroatoms. The predicted octanol–water partition coefficient (Wildman–Crippen LogP) is 1.69. The van der Waals surface area contributed by atoms with Crippen molar-refractivity contribution in [3.63, 3.8) is 0 Å². The molecule has 0 saturated carbocycles. The SMILES string of the molecule is C#CC1CC(=O)N(c2cc(O)ccc2C)C1. The largest absolute Gasteiger partial charge is 0.508 e. The molecule has 3 nitrogen and oxygen atoms in total. The number of hydrogen-bond acceptors (Lipinski definition) is 2. The normalized spacial score (nSPS) is 19.9. The molecule has 82 valence electrons. The van der Waals surface area contributed by atoms with Crippen molar-refractivity contribution in [3.05, 3.63) is 23.8 Å². The number of terminal acetylenes is 1. The van der Waals surface area contributed by atoms with Crippen molar-refractivity contribution in [2.75, 3.05) is 11.4 Å². The van der Waals surface area contributed by atoms with Crippen LogP contribution in [0.15, 0.2) is 18.2 Å². The molecule has 1 aromatic carbocycles. The molecule has 1 fully saturated rings. The summed E-state index contributed by atoms with van der Waals surface area (Å²) in [5.74, 6) is 2.77. The van der Waals surface area contributed by atoms with Gasteiger partial charge in [-0.2, -0.15) is 0 Å². The van der Waals surface area contributed by atoms with Gasteiger partial charge in [0, 0.05) is 24.9 Å². The lowest BCUT2D eigenvalue weighted by Gasteiger charge is -2.18. The molecular formula is C13H13NO2. The number of benzene rings is 1. The predicted molar refractivity (Wildman–Crippen MR) is 62.1 cm³/mol. The third-order valence-electron chi connectivity index (χ3n) is 2.84. The number of amides is 1. The number of rotatable bonds is 1. The summed E-state index contributed by atoms with van der Waals surface area (Å²) >= 11 is 0. The first-order valence-electron chi connectivity index (χ1n) is 5.18. The molecular weight excluding hydrogens is 202 g/mol. The molecule has 0 radical (unpaired) electrons. The van der Waals surface area contributed by atoms with Gasteiger partial charge in [-0.3, -0.25) is 4.79 Å². The lowest BCUT2D eigenvalue weighted by molar-refractivity contribution is -0.117. The fourth-order valence-corrected chi connectivity index (χ4v) is 1.94. The van der Waals surface area contributed by atoms with E-state index in [0.29, 0.717) is 13.0 Å². The second-order valence-corrected chi connectivity index (χ2v) is 4.04. The topological polar surface area (TPSA) is 40.5 Å². The Morgan fingerprint density at radius 2 is 2.31 bits per heavy atom. The Labute approximate surface area is 94.7 Å². The molecule has 0 bridgehead atoms. The summed E-state index contributed by atoms with van der Waals surface area (Å²) in [7, 11) is 0. The summed E-state index contributed by atoms with van der Waals surface area (Å²) in [6.07, 6.45) is 5.72. The molecule has 1 aliphatic rings. The monoisotopic (exact) mass is 215 g/mol. The molecule has 0 aliphatic carbocycles. The van der Waals surface area contributed by atoms with E-state index in [9.17, 15) is 9.90 Å². The Kier molecular flexibility index (Phi) is 2.57. The average Bonchev–Trinajstić information content (AvgIpc) is 2.63. The highest BCUT2D eigenvalue weighted by molar-refractivity contribution is 5.97. The lowest BCUT2D eigenvalue weighted by Crippen LogP contribution is -2.25. The van der Waals surface area contributed by atoms with Crippen LogP contribution in [0.2, 0.25) is 0 Å². The van der Waals surface area contributed by atoms with E-state index < -0.39 is 0 Å². The fourth-order valence-electron chi connectivity index (χ4n) is 1.94. The number of aromatic hydroxyl groups is 1. The third kappa shape index (κ3) is 1.74. The van der Waals surface area contributed by atoms with Gasteiger partial charge < -0.3 is 10.0 Å². The Morgan fingerprint density at radius 1 is 1.56 bits per heavy atom. The Morgan fingerprint density at radius 3 is 2.94 bits per heavy atom. The molecule has 1 atom stereocenters. The van der Waals surface area contributed by atoms with Crippen molar-refractivity contribution in [1.29, 1.82) is 0 Å². The molecule has 0 aromatic heterocycles. The molecule has 1 aliphatic heterocycles. The van der Waals surface area contributed by atoms with E-state index in [4.69, 9.17) is 6.42 Å². The molecule has 1 N–H and O–H groups in total. The highest BCUT2D eigenvalue weighted by Crippen LogP contribution is 2.30. The van der Waals surface area contributed by atoms with Gasteiger partial charge >= 0.3 is 0 Å². The van der Waals surface area contributed by atoms with Gasteiger partial charge in [0.2, 0.25) is 5.91 Å². The summed E-state index contributed by atoms with van der Waals surface area (Å²) in [5.41, 5.74) is 1.71. The molecule has 1 amide bonds. The van der Waals surface area contributed by atoms with E-state index in [1.807, 2.05) is 6.92 Å². The first-order chi connectivity index (χ1) is 7.61. The fraction of sp³-hybridized carbons (Fsp3) is 0.308. The minimum absolute atomic E-state index is 0.0192. The van der Waals surface area contributed by atoms with Crippen molar-refractivity contribution in [3.8, 4) is 18.1 Å². The molecule has 16 heavy (non-hydrogen) atoms. The van der Waals surface area contributed by atoms with Crippen LogP contribution < -0.4 is 4.90 Å². The summed E-state index contributed by atoms with van der Waals surface area (Å²) in [5, 5.41) is 9.43. The smallest absolute Gasteiger partial charge is 0.228 e. The number of carbonyl (C=O) groups is 1. The highest BCUT2D eigenvalue weighted by Gasteiger charge is 2.30. The summed E-state index contributed by atoms with van der Waals surface area (Å²) < 4.78 is 0. The number of aryl methyl sites for hydroxylation is 1. The molecule has 1 saturated heterocycles. The minimum Gasteiger partial charge on any atom is -0.508 e. The van der Waals surface area contributed by atoms with Gasteiger partial charge in [0.05, 0.1) is 5.69 Å². The van der Waals surface area contributed by atoms with Crippen LogP contribution in [0.3, 0.4) is 0 Å². The maximum Gasteiger partial charge on any atom is 0.228 e. The van der Waals surface area contributed by atoms with Crippen LogP contribution >= 0.6 is 0 Å². The van der Waals surface area contributed by atoms with Crippen molar-refractivity contribution in [2.24, 2.45) is 5.92 Å². The van der Waals surface area contributed by atoms with Crippen LogP contribution in [0.4, 0.5) is 5.69 Å². The second kappa shape index (κ2) is 3.90. The van der Waals surface area contributed by atoms with Crippen molar-refractivity contribution < 1.29 is 9.90 Å². The summed E-state index contributed by atoms with van der Waals surface area (Å²) in [4.78, 5) is 13.4. The zero-order chi connectivity index (χ0) is 11.7.